The van der Waals surface area contributed by atoms with Crippen LogP contribution in [0.15, 0.2) is 116 Å². The molecule has 4 N–H and O–H groups in total. The molecule has 0 spiro atoms. The zero-order chi connectivity index (χ0) is 43.2. The summed E-state index contributed by atoms with van der Waals surface area (Å²) in [7, 11) is 0. The van der Waals surface area contributed by atoms with Gasteiger partial charge in [0.15, 0.2) is 0 Å². The van der Waals surface area contributed by atoms with E-state index in [-0.39, 0.29) is 42.8 Å². The SMILES string of the molecule is CCN(CC)[C@@H](C(=O)N1CCC[C@H]1c1ncc(-c2ccc(-c3ccc(-c4cnc([C@@H]5CCCN5C(=O)C[C@@H](Cc5ccccc5F)OC(N)=O)[nH]4)cc3)cc2)[nH]1)c1ccccc1. The average Bonchev–Trinajstić information content (AvgIpc) is 4.14. The number of hydrogen-bond acceptors (Lipinski definition) is 7. The molecule has 3 amide bonds. The van der Waals surface area contributed by atoms with Crippen LogP contribution >= 0.6 is 0 Å². The fraction of sp³-hybridized carbons (Fsp3) is 0.327. The highest BCUT2D eigenvalue weighted by molar-refractivity contribution is 5.84. The Balaban J connectivity index is 0.907. The van der Waals surface area contributed by atoms with E-state index in [1.54, 1.807) is 29.3 Å². The van der Waals surface area contributed by atoms with Gasteiger partial charge in [-0.15, -0.1) is 0 Å². The van der Waals surface area contributed by atoms with Gasteiger partial charge in [0.25, 0.3) is 0 Å². The molecule has 6 aromatic rings. The number of amides is 3. The number of nitrogens with one attached hydrogen (secondary N) is 2. The van der Waals surface area contributed by atoms with Crippen molar-refractivity contribution < 1.29 is 23.5 Å². The molecular weight excluding hydrogens is 784 g/mol. The summed E-state index contributed by atoms with van der Waals surface area (Å²) in [6.45, 7) is 7.01. The van der Waals surface area contributed by atoms with Crippen LogP contribution in [0.3, 0.4) is 0 Å². The number of aromatic nitrogens is 4. The number of H-pyrrole nitrogens is 2. The number of aromatic amines is 2. The lowest BCUT2D eigenvalue weighted by Crippen LogP contribution is -2.43. The van der Waals surface area contributed by atoms with E-state index in [0.29, 0.717) is 24.5 Å². The highest BCUT2D eigenvalue weighted by atomic mass is 19.1. The van der Waals surface area contributed by atoms with Crippen molar-refractivity contribution in [3.05, 3.63) is 144 Å². The summed E-state index contributed by atoms with van der Waals surface area (Å²) >= 11 is 0. The van der Waals surface area contributed by atoms with Crippen molar-refractivity contribution in [2.75, 3.05) is 26.2 Å². The lowest BCUT2D eigenvalue weighted by Gasteiger charge is -2.34. The van der Waals surface area contributed by atoms with Gasteiger partial charge < -0.3 is 30.2 Å². The molecule has 4 heterocycles. The summed E-state index contributed by atoms with van der Waals surface area (Å²) in [4.78, 5) is 61.9. The maximum absolute atomic E-state index is 14.4. The second-order valence-electron chi connectivity index (χ2n) is 16.0. The van der Waals surface area contributed by atoms with Crippen LogP contribution in [0.5, 0.6) is 0 Å². The second kappa shape index (κ2) is 19.0. The molecule has 2 fully saturated rings. The van der Waals surface area contributed by atoms with Crippen molar-refractivity contribution in [2.24, 2.45) is 5.73 Å². The molecule has 0 saturated carbocycles. The molecular formula is C49H53FN8O4. The third-order valence-electron chi connectivity index (χ3n) is 12.3. The van der Waals surface area contributed by atoms with E-state index < -0.39 is 18.0 Å². The van der Waals surface area contributed by atoms with Crippen LogP contribution < -0.4 is 5.73 Å². The highest BCUT2D eigenvalue weighted by Gasteiger charge is 2.38. The van der Waals surface area contributed by atoms with Gasteiger partial charge in [-0.2, -0.15) is 0 Å². The van der Waals surface area contributed by atoms with Gasteiger partial charge >= 0.3 is 6.09 Å². The zero-order valence-corrected chi connectivity index (χ0v) is 35.2. The average molecular weight is 837 g/mol. The molecule has 2 aliphatic heterocycles. The van der Waals surface area contributed by atoms with Crippen LogP contribution in [0.2, 0.25) is 0 Å². The molecule has 0 unspecified atom stereocenters. The highest BCUT2D eigenvalue weighted by Crippen LogP contribution is 2.37. The van der Waals surface area contributed by atoms with Crippen molar-refractivity contribution in [3.8, 4) is 33.6 Å². The van der Waals surface area contributed by atoms with Gasteiger partial charge in [-0.1, -0.05) is 111 Å². The first-order valence-electron chi connectivity index (χ1n) is 21.6. The Kier molecular flexibility index (Phi) is 12.9. The molecule has 4 atom stereocenters. The van der Waals surface area contributed by atoms with Crippen molar-refractivity contribution >= 4 is 17.9 Å². The summed E-state index contributed by atoms with van der Waals surface area (Å²) in [6.07, 6.45) is 4.96. The summed E-state index contributed by atoms with van der Waals surface area (Å²) in [5.41, 5.74) is 12.5. The lowest BCUT2D eigenvalue weighted by molar-refractivity contribution is -0.138. The Labute approximate surface area is 361 Å². The molecule has 4 aromatic carbocycles. The van der Waals surface area contributed by atoms with E-state index in [2.05, 4.69) is 70.1 Å². The lowest BCUT2D eigenvalue weighted by atomic mass is 10.0. The number of carbonyl (C=O) groups excluding carboxylic acids is 3. The predicted molar refractivity (Wildman–Crippen MR) is 236 cm³/mol. The number of primary amides is 1. The van der Waals surface area contributed by atoms with Gasteiger partial charge in [-0.25, -0.2) is 19.2 Å². The smallest absolute Gasteiger partial charge is 0.404 e. The van der Waals surface area contributed by atoms with Crippen molar-refractivity contribution in [2.45, 2.75) is 76.6 Å². The standard InChI is InChI=1S/C49H53FN8O4/c1-3-56(4-2)45(36-12-6-5-7-13-36)48(60)58-27-11-17-43(58)47-53-31-41(55-47)35-24-20-33(21-25-35)32-18-22-34(23-19-32)40-30-52-46(54-40)42-16-10-26-57(42)44(59)29-38(62-49(51)61)28-37-14-8-9-15-39(37)50/h5-9,12-15,18-25,30-31,38,42-43,45H,3-4,10-11,16-17,26-29H2,1-2H3,(H2,51,61)(H,52,54)(H,53,55)/t38-,42+,43+,45-/m1/s1. The monoisotopic (exact) mass is 836 g/mol. The summed E-state index contributed by atoms with van der Waals surface area (Å²) < 4.78 is 19.6. The van der Waals surface area contributed by atoms with Gasteiger partial charge in [0.2, 0.25) is 11.8 Å². The molecule has 2 saturated heterocycles. The van der Waals surface area contributed by atoms with Gasteiger partial charge in [0.1, 0.15) is 29.6 Å². The van der Waals surface area contributed by atoms with E-state index in [0.717, 1.165) is 83.8 Å². The molecule has 0 aliphatic carbocycles. The first kappa shape index (κ1) is 42.1. The van der Waals surface area contributed by atoms with E-state index in [1.807, 2.05) is 53.6 Å². The zero-order valence-electron chi connectivity index (χ0n) is 35.2. The minimum Gasteiger partial charge on any atom is -0.445 e. The van der Waals surface area contributed by atoms with Gasteiger partial charge in [-0.05, 0) is 78.2 Å². The molecule has 12 nitrogen and oxygen atoms in total. The summed E-state index contributed by atoms with van der Waals surface area (Å²) in [5.74, 6) is 0.961. The Morgan fingerprint density at radius 2 is 1.26 bits per heavy atom. The first-order chi connectivity index (χ1) is 30.2. The van der Waals surface area contributed by atoms with E-state index in [4.69, 9.17) is 15.5 Å². The molecule has 62 heavy (non-hydrogen) atoms. The molecule has 13 heteroatoms. The van der Waals surface area contributed by atoms with Crippen LogP contribution in [0.1, 0.15) is 86.9 Å². The number of nitrogens with zero attached hydrogens (tertiary/aromatic N) is 5. The summed E-state index contributed by atoms with van der Waals surface area (Å²) in [6, 6.07) is 32.2. The van der Waals surface area contributed by atoms with E-state index in [9.17, 15) is 18.8 Å². The van der Waals surface area contributed by atoms with Crippen molar-refractivity contribution in [3.63, 3.8) is 0 Å². The summed E-state index contributed by atoms with van der Waals surface area (Å²) in [5, 5.41) is 0. The number of carbonyl (C=O) groups is 3. The first-order valence-corrected chi connectivity index (χ1v) is 21.6. The number of likely N-dealkylation sites (N-methyl/N-ethyl adjacent to an activating group) is 1. The maximum Gasteiger partial charge on any atom is 0.404 e. The molecule has 0 bridgehead atoms. The fourth-order valence-corrected chi connectivity index (χ4v) is 9.09. The van der Waals surface area contributed by atoms with Crippen LogP contribution in [-0.2, 0) is 20.7 Å². The van der Waals surface area contributed by atoms with Gasteiger partial charge in [-0.3, -0.25) is 14.5 Å². The number of rotatable bonds is 15. The Morgan fingerprint density at radius 3 is 1.81 bits per heavy atom. The quantitative estimate of drug-likeness (QED) is 0.0935. The van der Waals surface area contributed by atoms with E-state index in [1.165, 1.54) is 6.07 Å². The number of benzene rings is 4. The fourth-order valence-electron chi connectivity index (χ4n) is 9.09. The van der Waals surface area contributed by atoms with Crippen molar-refractivity contribution in [1.29, 1.82) is 0 Å². The van der Waals surface area contributed by atoms with Crippen LogP contribution in [0.4, 0.5) is 9.18 Å². The topological polar surface area (TPSA) is 154 Å². The largest absolute Gasteiger partial charge is 0.445 e. The van der Waals surface area contributed by atoms with Gasteiger partial charge in [0.05, 0.1) is 42.3 Å². The number of halogens is 1. The molecule has 320 valence electrons. The van der Waals surface area contributed by atoms with Crippen LogP contribution in [0, 0.1) is 5.82 Å². The third kappa shape index (κ3) is 9.18. The molecule has 2 aliphatic rings. The minimum atomic E-state index is -1.01. The Bertz CT molecular complexity index is 2470. The normalized spacial score (nSPS) is 17.4. The van der Waals surface area contributed by atoms with Crippen LogP contribution in [0.25, 0.3) is 33.6 Å². The number of nitrogens with two attached hydrogens (primary N) is 1. The molecule has 0 radical (unpaired) electrons. The van der Waals surface area contributed by atoms with Crippen molar-refractivity contribution in [1.82, 2.24) is 34.6 Å². The molecule has 8 rings (SSSR count). The minimum absolute atomic E-state index is 0.0354. The number of ether oxygens (including phenoxy) is 1. The number of likely N-dealkylation sites (tertiary alicyclic amines) is 2. The third-order valence-corrected chi connectivity index (χ3v) is 12.3. The second-order valence-corrected chi connectivity index (χ2v) is 16.0. The maximum atomic E-state index is 14.4. The Hall–Kier alpha value is -6.60. The number of imidazole rings is 2. The van der Waals surface area contributed by atoms with E-state index >= 15 is 0 Å². The molecule has 2 aromatic heterocycles. The number of hydrogen-bond donors (Lipinski definition) is 3. The predicted octanol–water partition coefficient (Wildman–Crippen LogP) is 8.78. The van der Waals surface area contributed by atoms with Gasteiger partial charge in [0, 0.05) is 19.5 Å². The van der Waals surface area contributed by atoms with Crippen LogP contribution in [-0.4, -0.2) is 84.8 Å². The Morgan fingerprint density at radius 1 is 0.742 bits per heavy atom.